The number of aromatic nitrogens is 4. The molecule has 7 rings (SSSR count). The highest BCUT2D eigenvalue weighted by Gasteiger charge is 2.34. The molecule has 0 bridgehead atoms. The fourth-order valence-electron chi connectivity index (χ4n) is 6.84. The number of carbonyl (C=O) groups is 1. The van der Waals surface area contributed by atoms with E-state index in [4.69, 9.17) is 29.3 Å². The van der Waals surface area contributed by atoms with Crippen LogP contribution in [0.4, 0.5) is 4.79 Å². The van der Waals surface area contributed by atoms with E-state index in [-0.39, 0.29) is 12.1 Å². The summed E-state index contributed by atoms with van der Waals surface area (Å²) < 4.78 is 19.0. The summed E-state index contributed by atoms with van der Waals surface area (Å²) in [4.78, 5) is 25.0. The smallest absolute Gasteiger partial charge is 0.410 e. The Hall–Kier alpha value is -4.92. The predicted molar refractivity (Wildman–Crippen MR) is 182 cm³/mol. The first-order valence-corrected chi connectivity index (χ1v) is 16.4. The Labute approximate surface area is 275 Å². The van der Waals surface area contributed by atoms with Crippen LogP contribution < -0.4 is 9.47 Å². The number of aryl methyl sites for hydroxylation is 1. The maximum Gasteiger partial charge on any atom is 0.410 e. The maximum absolute atomic E-state index is 13.0. The van der Waals surface area contributed by atoms with Crippen molar-refractivity contribution in [3.8, 4) is 34.0 Å². The highest BCUT2D eigenvalue weighted by atomic mass is 16.6. The van der Waals surface area contributed by atoms with Gasteiger partial charge < -0.3 is 14.2 Å². The number of ether oxygens (including phenoxy) is 3. The van der Waals surface area contributed by atoms with E-state index >= 15 is 0 Å². The van der Waals surface area contributed by atoms with Gasteiger partial charge in [0.1, 0.15) is 34.0 Å². The second kappa shape index (κ2) is 12.4. The summed E-state index contributed by atoms with van der Waals surface area (Å²) in [6.45, 7) is 6.87. The number of hydrogen-bond acceptors (Lipinski definition) is 7. The molecule has 47 heavy (non-hydrogen) atoms. The fraction of sp³-hybridized carbons (Fsp3) is 0.368. The Bertz CT molecular complexity index is 1930. The number of likely N-dealkylation sites (tertiary alicyclic amines) is 1. The highest BCUT2D eigenvalue weighted by molar-refractivity contribution is 5.93. The number of hydrogen-bond donors (Lipinski definition) is 0. The lowest BCUT2D eigenvalue weighted by Gasteiger charge is -2.28. The molecule has 3 aromatic heterocycles. The van der Waals surface area contributed by atoms with E-state index in [9.17, 15) is 4.79 Å². The molecule has 9 nitrogen and oxygen atoms in total. The van der Waals surface area contributed by atoms with Gasteiger partial charge >= 0.3 is 6.09 Å². The van der Waals surface area contributed by atoms with Gasteiger partial charge in [0.05, 0.1) is 38.0 Å². The van der Waals surface area contributed by atoms with Gasteiger partial charge in [-0.1, -0.05) is 30.3 Å². The number of pyridine rings is 2. The molecule has 1 fully saturated rings. The van der Waals surface area contributed by atoms with Crippen molar-refractivity contribution in [2.45, 2.75) is 71.1 Å². The molecule has 0 radical (unpaired) electrons. The first kappa shape index (κ1) is 30.7. The molecule has 1 unspecified atom stereocenters. The van der Waals surface area contributed by atoms with Gasteiger partial charge in [0.15, 0.2) is 0 Å². The molecule has 1 aliphatic carbocycles. The van der Waals surface area contributed by atoms with Gasteiger partial charge in [-0.05, 0) is 93.8 Å². The topological polar surface area (TPSA) is 91.6 Å². The Kier molecular flexibility index (Phi) is 8.08. The summed E-state index contributed by atoms with van der Waals surface area (Å²) in [5.41, 5.74) is 9.32. The molecule has 4 heterocycles. The number of fused-ring (bicyclic) bond motifs is 2. The minimum atomic E-state index is -0.554. The first-order valence-electron chi connectivity index (χ1n) is 16.4. The third-order valence-corrected chi connectivity index (χ3v) is 9.08. The molecular formula is C38H41N5O4. The van der Waals surface area contributed by atoms with Gasteiger partial charge in [0, 0.05) is 29.9 Å². The van der Waals surface area contributed by atoms with E-state index in [2.05, 4.69) is 24.3 Å². The minimum Gasteiger partial charge on any atom is -0.497 e. The molecule has 1 aliphatic heterocycles. The van der Waals surface area contributed by atoms with Crippen molar-refractivity contribution in [3.05, 3.63) is 89.2 Å². The Morgan fingerprint density at radius 1 is 0.957 bits per heavy atom. The highest BCUT2D eigenvalue weighted by Crippen LogP contribution is 2.40. The van der Waals surface area contributed by atoms with Crippen LogP contribution in [0.15, 0.2) is 66.9 Å². The lowest BCUT2D eigenvalue weighted by Crippen LogP contribution is -2.36. The summed E-state index contributed by atoms with van der Waals surface area (Å²) >= 11 is 0. The van der Waals surface area contributed by atoms with Crippen LogP contribution in [-0.2, 0) is 24.1 Å². The van der Waals surface area contributed by atoms with E-state index in [0.29, 0.717) is 13.1 Å². The van der Waals surface area contributed by atoms with Gasteiger partial charge in [0.25, 0.3) is 0 Å². The van der Waals surface area contributed by atoms with Crippen LogP contribution in [0.25, 0.3) is 33.5 Å². The lowest BCUT2D eigenvalue weighted by atomic mass is 9.99. The number of methoxy groups -OCH3 is 2. The summed E-state index contributed by atoms with van der Waals surface area (Å²) in [5, 5.41) is 5.13. The van der Waals surface area contributed by atoms with Crippen molar-refractivity contribution in [1.82, 2.24) is 24.6 Å². The lowest BCUT2D eigenvalue weighted by molar-refractivity contribution is 0.0221. The minimum absolute atomic E-state index is 0.127. The number of rotatable bonds is 7. The van der Waals surface area contributed by atoms with Crippen molar-refractivity contribution in [1.29, 1.82) is 0 Å². The van der Waals surface area contributed by atoms with Crippen LogP contribution in [0.3, 0.4) is 0 Å². The summed E-state index contributed by atoms with van der Waals surface area (Å²) in [5.74, 6) is 1.53. The second-order valence-electron chi connectivity index (χ2n) is 13.4. The number of benzene rings is 2. The summed E-state index contributed by atoms with van der Waals surface area (Å²) in [7, 11) is 3.37. The molecule has 5 aromatic rings. The molecule has 9 heteroatoms. The summed E-state index contributed by atoms with van der Waals surface area (Å²) in [6.07, 6.45) is 6.57. The van der Waals surface area contributed by atoms with Crippen LogP contribution in [0.5, 0.6) is 11.5 Å². The molecule has 0 spiro atoms. The number of amides is 1. The van der Waals surface area contributed by atoms with Gasteiger partial charge in [-0.2, -0.15) is 5.10 Å². The predicted octanol–water partition coefficient (Wildman–Crippen LogP) is 7.79. The van der Waals surface area contributed by atoms with E-state index in [1.54, 1.807) is 19.1 Å². The SMILES string of the molecule is COc1ccc(Cn2nc(-c3ccc(C4CCCN4C(=O)OC(C)(C)C)nc3)c3nc(-c4cccc5c4CCC5)c(OC)cc32)cc1. The molecule has 1 amide bonds. The van der Waals surface area contributed by atoms with E-state index in [0.717, 1.165) is 88.4 Å². The first-order chi connectivity index (χ1) is 22.7. The molecule has 2 aromatic carbocycles. The van der Waals surface area contributed by atoms with Crippen molar-refractivity contribution < 1.29 is 19.0 Å². The van der Waals surface area contributed by atoms with Gasteiger partial charge in [-0.3, -0.25) is 14.6 Å². The zero-order chi connectivity index (χ0) is 32.7. The maximum atomic E-state index is 13.0. The second-order valence-corrected chi connectivity index (χ2v) is 13.4. The molecule has 1 atom stereocenters. The van der Waals surface area contributed by atoms with Gasteiger partial charge in [0.2, 0.25) is 0 Å². The third-order valence-electron chi connectivity index (χ3n) is 9.08. The van der Waals surface area contributed by atoms with Crippen molar-refractivity contribution >= 4 is 17.1 Å². The van der Waals surface area contributed by atoms with Crippen LogP contribution in [-0.4, -0.2) is 57.1 Å². The van der Waals surface area contributed by atoms with Crippen LogP contribution >= 0.6 is 0 Å². The average molecular weight is 632 g/mol. The molecular weight excluding hydrogens is 590 g/mol. The Balaban J connectivity index is 1.31. The van der Waals surface area contributed by atoms with Crippen LogP contribution in [0.1, 0.15) is 68.5 Å². The van der Waals surface area contributed by atoms with Crippen LogP contribution in [0.2, 0.25) is 0 Å². The van der Waals surface area contributed by atoms with Crippen LogP contribution in [0, 0.1) is 0 Å². The van der Waals surface area contributed by atoms with E-state index < -0.39 is 5.60 Å². The van der Waals surface area contributed by atoms with E-state index in [1.165, 1.54) is 11.1 Å². The van der Waals surface area contributed by atoms with Crippen molar-refractivity contribution in [2.75, 3.05) is 20.8 Å². The number of carbonyl (C=O) groups excluding carboxylic acids is 1. The molecule has 2 aliphatic rings. The largest absolute Gasteiger partial charge is 0.497 e. The summed E-state index contributed by atoms with van der Waals surface area (Å²) in [6, 6.07) is 20.5. The standard InChI is InChI=1S/C38H41N5O4/c1-38(2,3)47-37(44)42-20-8-13-31(42)30-19-16-26(22-39-30)34-36-32(43(41-34)23-24-14-17-27(45-4)18-15-24)21-33(46-5)35(40-36)29-12-7-10-25-9-6-11-28(25)29/h7,10,12,14-19,21-22,31H,6,8-9,11,13,20,23H2,1-5H3. The van der Waals surface area contributed by atoms with Gasteiger partial charge in [-0.15, -0.1) is 0 Å². The zero-order valence-electron chi connectivity index (χ0n) is 27.7. The zero-order valence-corrected chi connectivity index (χ0v) is 27.7. The fourth-order valence-corrected chi connectivity index (χ4v) is 6.84. The molecule has 0 N–H and O–H groups in total. The van der Waals surface area contributed by atoms with Gasteiger partial charge in [-0.25, -0.2) is 9.78 Å². The molecule has 1 saturated heterocycles. The monoisotopic (exact) mass is 631 g/mol. The Morgan fingerprint density at radius 3 is 2.51 bits per heavy atom. The third kappa shape index (κ3) is 6.02. The molecule has 242 valence electrons. The number of nitrogens with zero attached hydrogens (tertiary/aromatic N) is 5. The molecule has 0 saturated carbocycles. The Morgan fingerprint density at radius 2 is 1.79 bits per heavy atom. The van der Waals surface area contributed by atoms with E-state index in [1.807, 2.05) is 68.0 Å². The van der Waals surface area contributed by atoms with Crippen molar-refractivity contribution in [2.24, 2.45) is 0 Å². The van der Waals surface area contributed by atoms with Crippen molar-refractivity contribution in [3.63, 3.8) is 0 Å². The normalized spacial score (nSPS) is 16.0. The quantitative estimate of drug-likeness (QED) is 0.181. The average Bonchev–Trinajstić information content (AvgIpc) is 3.83.